The van der Waals surface area contributed by atoms with Crippen LogP contribution < -0.4 is 5.73 Å². The van der Waals surface area contributed by atoms with Gasteiger partial charge in [-0.1, -0.05) is 24.3 Å². The molecule has 0 aliphatic heterocycles. The molecule has 3 rings (SSSR count). The van der Waals surface area contributed by atoms with Gasteiger partial charge in [-0.25, -0.2) is 0 Å². The molecule has 0 saturated carbocycles. The molecule has 1 aliphatic rings. The van der Waals surface area contributed by atoms with E-state index in [1.807, 2.05) is 6.07 Å². The number of ketones is 2. The number of carbonyl (C=O) groups is 2. The Balaban J connectivity index is 2.45. The molecule has 0 atom stereocenters. The lowest BCUT2D eigenvalue weighted by Gasteiger charge is -2.20. The molecule has 1 aliphatic carbocycles. The maximum Gasteiger partial charge on any atom is 0.196 e. The summed E-state index contributed by atoms with van der Waals surface area (Å²) in [6.07, 6.45) is 0. The van der Waals surface area contributed by atoms with Crippen molar-refractivity contribution in [1.29, 1.82) is 5.26 Å². The molecule has 0 heterocycles. The molecule has 96 valence electrons. The predicted molar refractivity (Wildman–Crippen MR) is 76.6 cm³/mol. The molecule has 0 saturated heterocycles. The van der Waals surface area contributed by atoms with E-state index in [1.165, 1.54) is 6.07 Å². The van der Waals surface area contributed by atoms with Gasteiger partial charge in [0.1, 0.15) is 0 Å². The van der Waals surface area contributed by atoms with E-state index >= 15 is 0 Å². The summed E-state index contributed by atoms with van der Waals surface area (Å²) in [4.78, 5) is 25.1. The Bertz CT molecular complexity index is 834. The summed E-state index contributed by atoms with van der Waals surface area (Å²) in [6.45, 7) is 0. The van der Waals surface area contributed by atoms with Crippen LogP contribution in [0.2, 0.25) is 0 Å². The first-order valence-corrected chi connectivity index (χ1v) is 6.56. The molecule has 4 nitrogen and oxygen atoms in total. The second-order valence-corrected chi connectivity index (χ2v) is 5.24. The molecule has 2 aromatic rings. The predicted octanol–water partition coefficient (Wildman–Crippen LogP) is 2.68. The first-order valence-electron chi connectivity index (χ1n) is 5.76. The second-order valence-electron chi connectivity index (χ2n) is 4.39. The van der Waals surface area contributed by atoms with Crippen molar-refractivity contribution in [3.63, 3.8) is 0 Å². The summed E-state index contributed by atoms with van der Waals surface area (Å²) in [6, 6.07) is 9.95. The zero-order valence-electron chi connectivity index (χ0n) is 10.1. The molecule has 0 bridgehead atoms. The lowest BCUT2D eigenvalue weighted by Crippen LogP contribution is -2.23. The van der Waals surface area contributed by atoms with Crippen LogP contribution in [-0.4, -0.2) is 11.6 Å². The number of halogens is 1. The monoisotopic (exact) mass is 326 g/mol. The van der Waals surface area contributed by atoms with Crippen LogP contribution in [-0.2, 0) is 0 Å². The van der Waals surface area contributed by atoms with Crippen molar-refractivity contribution in [2.45, 2.75) is 0 Å². The first-order chi connectivity index (χ1) is 9.56. The van der Waals surface area contributed by atoms with Crippen molar-refractivity contribution in [3.8, 4) is 6.07 Å². The molecule has 5 heteroatoms. The molecule has 2 N–H and O–H groups in total. The summed E-state index contributed by atoms with van der Waals surface area (Å²) in [5, 5.41) is 9.19. The molecule has 0 aromatic heterocycles. The van der Waals surface area contributed by atoms with Gasteiger partial charge < -0.3 is 5.73 Å². The fourth-order valence-corrected chi connectivity index (χ4v) is 2.80. The Morgan fingerprint density at radius 1 is 1.05 bits per heavy atom. The highest BCUT2D eigenvalue weighted by Gasteiger charge is 2.34. The molecule has 0 radical (unpaired) electrons. The molecule has 2 aromatic carbocycles. The average molecular weight is 327 g/mol. The van der Waals surface area contributed by atoms with E-state index in [9.17, 15) is 14.9 Å². The van der Waals surface area contributed by atoms with Gasteiger partial charge in [0.2, 0.25) is 0 Å². The minimum Gasteiger partial charge on any atom is -0.397 e. The standard InChI is InChI=1S/C15H7BrN2O2/c16-10-5-7(6-17)11-12(13(10)18)15(20)9-4-2-1-3-8(9)14(11)19/h1-5H,18H2. The molecule has 0 amide bonds. The minimum atomic E-state index is -0.342. The van der Waals surface area contributed by atoms with E-state index in [2.05, 4.69) is 15.9 Å². The summed E-state index contributed by atoms with van der Waals surface area (Å²) in [7, 11) is 0. The highest BCUT2D eigenvalue weighted by atomic mass is 79.9. The van der Waals surface area contributed by atoms with Gasteiger partial charge in [-0.2, -0.15) is 5.26 Å². The van der Waals surface area contributed by atoms with Crippen LogP contribution in [0.3, 0.4) is 0 Å². The van der Waals surface area contributed by atoms with Gasteiger partial charge in [-0.05, 0) is 22.0 Å². The topological polar surface area (TPSA) is 83.9 Å². The van der Waals surface area contributed by atoms with Gasteiger partial charge >= 0.3 is 0 Å². The smallest absolute Gasteiger partial charge is 0.196 e. The summed E-state index contributed by atoms with van der Waals surface area (Å²) in [5.74, 6) is -0.670. The van der Waals surface area contributed by atoms with Crippen molar-refractivity contribution in [3.05, 3.63) is 62.6 Å². The Labute approximate surface area is 123 Å². The molecular formula is C15H7BrN2O2. The number of nitrogens with zero attached hydrogens (tertiary/aromatic N) is 1. The SMILES string of the molecule is N#Cc1cc(Br)c(N)c2c1C(=O)c1ccccc1C2=O. The number of nitrogen functional groups attached to an aromatic ring is 1. The van der Waals surface area contributed by atoms with Gasteiger partial charge in [-0.3, -0.25) is 9.59 Å². The van der Waals surface area contributed by atoms with E-state index in [0.29, 0.717) is 15.6 Å². The third-order valence-electron chi connectivity index (χ3n) is 3.31. The first kappa shape index (κ1) is 12.6. The number of anilines is 1. The van der Waals surface area contributed by atoms with Gasteiger partial charge in [-0.15, -0.1) is 0 Å². The van der Waals surface area contributed by atoms with Gasteiger partial charge in [0.05, 0.1) is 28.4 Å². The number of nitrogens with two attached hydrogens (primary N) is 1. The Kier molecular flexibility index (Phi) is 2.70. The highest BCUT2D eigenvalue weighted by molar-refractivity contribution is 9.10. The molecule has 20 heavy (non-hydrogen) atoms. The van der Waals surface area contributed by atoms with E-state index in [0.717, 1.165) is 0 Å². The zero-order chi connectivity index (χ0) is 14.4. The molecule has 0 fully saturated rings. The van der Waals surface area contributed by atoms with Crippen molar-refractivity contribution < 1.29 is 9.59 Å². The number of fused-ring (bicyclic) bond motifs is 2. The van der Waals surface area contributed by atoms with Gasteiger partial charge in [0, 0.05) is 15.6 Å². The maximum atomic E-state index is 12.5. The number of nitriles is 1. The van der Waals surface area contributed by atoms with E-state index in [1.54, 1.807) is 24.3 Å². The number of rotatable bonds is 0. The summed E-state index contributed by atoms with van der Waals surface area (Å²) >= 11 is 3.21. The number of hydrogen-bond donors (Lipinski definition) is 1. The zero-order valence-corrected chi connectivity index (χ0v) is 11.7. The van der Waals surface area contributed by atoms with E-state index in [-0.39, 0.29) is 33.9 Å². The Morgan fingerprint density at radius 3 is 2.15 bits per heavy atom. The van der Waals surface area contributed by atoms with Crippen LogP contribution in [0, 0.1) is 11.3 Å². The molecule has 0 unspecified atom stereocenters. The van der Waals surface area contributed by atoms with Crippen molar-refractivity contribution in [1.82, 2.24) is 0 Å². The fourth-order valence-electron chi connectivity index (χ4n) is 2.37. The minimum absolute atomic E-state index is 0.0944. The lowest BCUT2D eigenvalue weighted by molar-refractivity contribution is 0.0979. The summed E-state index contributed by atoms with van der Waals surface area (Å²) < 4.78 is 0.438. The largest absolute Gasteiger partial charge is 0.397 e. The van der Waals surface area contributed by atoms with E-state index in [4.69, 9.17) is 5.73 Å². The van der Waals surface area contributed by atoms with Crippen molar-refractivity contribution in [2.75, 3.05) is 5.73 Å². The van der Waals surface area contributed by atoms with Crippen molar-refractivity contribution in [2.24, 2.45) is 0 Å². The van der Waals surface area contributed by atoms with Gasteiger partial charge in [0.15, 0.2) is 11.6 Å². The highest BCUT2D eigenvalue weighted by Crippen LogP contribution is 2.36. The number of benzene rings is 2. The van der Waals surface area contributed by atoms with Crippen LogP contribution in [0.5, 0.6) is 0 Å². The van der Waals surface area contributed by atoms with Crippen molar-refractivity contribution >= 4 is 33.2 Å². The Morgan fingerprint density at radius 2 is 1.60 bits per heavy atom. The van der Waals surface area contributed by atoms with Crippen LogP contribution in [0.15, 0.2) is 34.8 Å². The third-order valence-corrected chi connectivity index (χ3v) is 3.96. The normalized spacial score (nSPS) is 12.6. The van der Waals surface area contributed by atoms with Crippen LogP contribution in [0.25, 0.3) is 0 Å². The lowest BCUT2D eigenvalue weighted by atomic mass is 9.81. The quantitative estimate of drug-likeness (QED) is 0.644. The maximum absolute atomic E-state index is 12.5. The third kappa shape index (κ3) is 1.52. The molecular weight excluding hydrogens is 320 g/mol. The van der Waals surface area contributed by atoms with Crippen LogP contribution in [0.1, 0.15) is 37.4 Å². The van der Waals surface area contributed by atoms with Crippen LogP contribution in [0.4, 0.5) is 5.69 Å². The number of carbonyl (C=O) groups excluding carboxylic acids is 2. The average Bonchev–Trinajstić information content (AvgIpc) is 2.47. The van der Waals surface area contributed by atoms with E-state index < -0.39 is 0 Å². The molecule has 0 spiro atoms. The fraction of sp³-hybridized carbons (Fsp3) is 0. The second kappa shape index (κ2) is 4.29. The summed E-state index contributed by atoms with van der Waals surface area (Å²) in [5.41, 5.74) is 7.07. The van der Waals surface area contributed by atoms with Crippen LogP contribution >= 0.6 is 15.9 Å². The number of hydrogen-bond acceptors (Lipinski definition) is 4. The Hall–Kier alpha value is -2.45. The van der Waals surface area contributed by atoms with Gasteiger partial charge in [0.25, 0.3) is 0 Å².